The summed E-state index contributed by atoms with van der Waals surface area (Å²) in [5, 5.41) is 3.08. The van der Waals surface area contributed by atoms with E-state index in [2.05, 4.69) is 19.9 Å². The second-order valence-corrected chi connectivity index (χ2v) is 6.64. The van der Waals surface area contributed by atoms with Gasteiger partial charge in [-0.2, -0.15) is 0 Å². The first-order valence-corrected chi connectivity index (χ1v) is 8.60. The first kappa shape index (κ1) is 16.9. The van der Waals surface area contributed by atoms with E-state index in [4.69, 9.17) is 4.98 Å². The van der Waals surface area contributed by atoms with Crippen LogP contribution in [0.3, 0.4) is 0 Å². The number of fused-ring (bicyclic) bond motifs is 1. The van der Waals surface area contributed by atoms with E-state index in [1.807, 2.05) is 13.1 Å². The van der Waals surface area contributed by atoms with Crippen molar-refractivity contribution in [1.82, 2.24) is 9.97 Å². The van der Waals surface area contributed by atoms with E-state index in [9.17, 15) is 13.2 Å². The number of halogens is 3. The summed E-state index contributed by atoms with van der Waals surface area (Å²) < 4.78 is 41.2. The van der Waals surface area contributed by atoms with Crippen molar-refractivity contribution >= 4 is 11.6 Å². The molecule has 1 aromatic heterocycles. The standard InChI is InChI=1S/C18H19F3N4O/c1-22-15-9-16(24-17(23-15)11-2-3-11)25-7-6-12-8-14(26-18(19,20)21)5-4-13(12)10-25/h4-5,8-9,11H,2-3,6-7,10H2,1H3,(H,22,23,24). The normalized spacial score (nSPS) is 17.0. The summed E-state index contributed by atoms with van der Waals surface area (Å²) in [4.78, 5) is 11.4. The molecule has 2 aliphatic rings. The molecule has 5 nitrogen and oxygen atoms in total. The summed E-state index contributed by atoms with van der Waals surface area (Å²) >= 11 is 0. The van der Waals surface area contributed by atoms with Gasteiger partial charge in [0.05, 0.1) is 0 Å². The summed E-state index contributed by atoms with van der Waals surface area (Å²) in [6.07, 6.45) is -1.78. The van der Waals surface area contributed by atoms with Gasteiger partial charge >= 0.3 is 6.36 Å². The van der Waals surface area contributed by atoms with Crippen LogP contribution in [0.1, 0.15) is 35.7 Å². The molecule has 1 fully saturated rings. The fourth-order valence-corrected chi connectivity index (χ4v) is 3.19. The summed E-state index contributed by atoms with van der Waals surface area (Å²) in [6, 6.07) is 6.46. The van der Waals surface area contributed by atoms with E-state index in [0.717, 1.165) is 41.4 Å². The van der Waals surface area contributed by atoms with E-state index in [1.165, 1.54) is 12.1 Å². The van der Waals surface area contributed by atoms with Crippen molar-refractivity contribution in [1.29, 1.82) is 0 Å². The summed E-state index contributed by atoms with van der Waals surface area (Å²) in [6.45, 7) is 1.29. The lowest BCUT2D eigenvalue weighted by atomic mass is 9.99. The maximum absolute atomic E-state index is 12.4. The highest BCUT2D eigenvalue weighted by Crippen LogP contribution is 2.39. The first-order chi connectivity index (χ1) is 12.4. The van der Waals surface area contributed by atoms with Crippen LogP contribution in [0.2, 0.25) is 0 Å². The summed E-state index contributed by atoms with van der Waals surface area (Å²) in [5.41, 5.74) is 1.87. The average molecular weight is 364 g/mol. The minimum atomic E-state index is -4.67. The van der Waals surface area contributed by atoms with Crippen LogP contribution >= 0.6 is 0 Å². The topological polar surface area (TPSA) is 50.3 Å². The molecule has 26 heavy (non-hydrogen) atoms. The third kappa shape index (κ3) is 3.68. The Morgan fingerprint density at radius 2 is 1.96 bits per heavy atom. The molecule has 2 aromatic rings. The number of anilines is 2. The van der Waals surface area contributed by atoms with Crippen molar-refractivity contribution in [3.8, 4) is 5.75 Å². The number of rotatable bonds is 4. The zero-order valence-electron chi connectivity index (χ0n) is 14.3. The summed E-state index contributed by atoms with van der Waals surface area (Å²) in [5.74, 6) is 2.79. The molecule has 0 amide bonds. The fourth-order valence-electron chi connectivity index (χ4n) is 3.19. The molecule has 0 spiro atoms. The zero-order valence-corrected chi connectivity index (χ0v) is 14.3. The molecular formula is C18H19F3N4O. The predicted molar refractivity (Wildman–Crippen MR) is 91.4 cm³/mol. The number of ether oxygens (including phenoxy) is 1. The molecule has 1 aliphatic carbocycles. The Bertz CT molecular complexity index is 821. The Labute approximate surface area is 149 Å². The highest BCUT2D eigenvalue weighted by atomic mass is 19.4. The number of hydrogen-bond acceptors (Lipinski definition) is 5. The Kier molecular flexibility index (Phi) is 4.13. The third-order valence-electron chi connectivity index (χ3n) is 4.68. The zero-order chi connectivity index (χ0) is 18.3. The molecule has 0 radical (unpaired) electrons. The average Bonchev–Trinajstić information content (AvgIpc) is 3.44. The van der Waals surface area contributed by atoms with Crippen molar-refractivity contribution in [3.63, 3.8) is 0 Å². The van der Waals surface area contributed by atoms with E-state index < -0.39 is 6.36 Å². The molecule has 1 aliphatic heterocycles. The molecule has 4 rings (SSSR count). The predicted octanol–water partition coefficient (Wildman–Crippen LogP) is 3.86. The molecule has 1 saturated carbocycles. The van der Waals surface area contributed by atoms with Gasteiger partial charge in [-0.25, -0.2) is 9.97 Å². The highest BCUT2D eigenvalue weighted by molar-refractivity contribution is 5.52. The number of benzene rings is 1. The lowest BCUT2D eigenvalue weighted by Gasteiger charge is -2.30. The van der Waals surface area contributed by atoms with Crippen molar-refractivity contribution in [2.75, 3.05) is 23.8 Å². The number of nitrogens with one attached hydrogen (secondary N) is 1. The Hall–Kier alpha value is -2.51. The van der Waals surface area contributed by atoms with Gasteiger partial charge in [0.25, 0.3) is 0 Å². The summed E-state index contributed by atoms with van der Waals surface area (Å²) in [7, 11) is 1.83. The van der Waals surface area contributed by atoms with Crippen molar-refractivity contribution in [3.05, 3.63) is 41.2 Å². The monoisotopic (exact) mass is 364 g/mol. The van der Waals surface area contributed by atoms with Gasteiger partial charge in [0.1, 0.15) is 23.2 Å². The SMILES string of the molecule is CNc1cc(N2CCc3cc(OC(F)(F)F)ccc3C2)nc(C2CC2)n1. The van der Waals surface area contributed by atoms with Crippen LogP contribution in [-0.2, 0) is 13.0 Å². The third-order valence-corrected chi connectivity index (χ3v) is 4.68. The second kappa shape index (κ2) is 6.34. The number of hydrogen-bond donors (Lipinski definition) is 1. The van der Waals surface area contributed by atoms with E-state index in [0.29, 0.717) is 25.4 Å². The number of nitrogens with zero attached hydrogens (tertiary/aromatic N) is 3. The minimum Gasteiger partial charge on any atom is -0.406 e. The van der Waals surface area contributed by atoms with E-state index >= 15 is 0 Å². The Morgan fingerprint density at radius 1 is 1.15 bits per heavy atom. The van der Waals surface area contributed by atoms with Gasteiger partial charge in [0.15, 0.2) is 0 Å². The molecular weight excluding hydrogens is 345 g/mol. The van der Waals surface area contributed by atoms with Crippen molar-refractivity contribution in [2.24, 2.45) is 0 Å². The van der Waals surface area contributed by atoms with Gasteiger partial charge in [-0.05, 0) is 42.5 Å². The maximum atomic E-state index is 12.4. The van der Waals surface area contributed by atoms with Gasteiger partial charge in [-0.15, -0.1) is 13.2 Å². The molecule has 0 saturated heterocycles. The fraction of sp³-hybridized carbons (Fsp3) is 0.444. The molecule has 1 N–H and O–H groups in total. The first-order valence-electron chi connectivity index (χ1n) is 8.60. The molecule has 8 heteroatoms. The van der Waals surface area contributed by atoms with Crippen molar-refractivity contribution < 1.29 is 17.9 Å². The molecule has 1 aromatic carbocycles. The molecule has 0 unspecified atom stereocenters. The van der Waals surface area contributed by atoms with Gasteiger partial charge in [0.2, 0.25) is 0 Å². The van der Waals surface area contributed by atoms with Crippen LogP contribution in [-0.4, -0.2) is 29.9 Å². The maximum Gasteiger partial charge on any atom is 0.573 e. The van der Waals surface area contributed by atoms with Crippen LogP contribution in [0.25, 0.3) is 0 Å². The molecule has 0 atom stereocenters. The van der Waals surface area contributed by atoms with Crippen LogP contribution in [0.4, 0.5) is 24.8 Å². The van der Waals surface area contributed by atoms with Gasteiger partial charge in [-0.1, -0.05) is 6.07 Å². The highest BCUT2D eigenvalue weighted by Gasteiger charge is 2.32. The lowest BCUT2D eigenvalue weighted by molar-refractivity contribution is -0.274. The van der Waals surface area contributed by atoms with E-state index in [-0.39, 0.29) is 5.75 Å². The largest absolute Gasteiger partial charge is 0.573 e. The smallest absolute Gasteiger partial charge is 0.406 e. The van der Waals surface area contributed by atoms with Gasteiger partial charge in [0, 0.05) is 32.1 Å². The Balaban J connectivity index is 1.56. The lowest BCUT2D eigenvalue weighted by Crippen LogP contribution is -2.31. The van der Waals surface area contributed by atoms with Crippen LogP contribution in [0.15, 0.2) is 24.3 Å². The quantitative estimate of drug-likeness (QED) is 0.893. The van der Waals surface area contributed by atoms with Crippen molar-refractivity contribution in [2.45, 2.75) is 38.1 Å². The number of aromatic nitrogens is 2. The second-order valence-electron chi connectivity index (χ2n) is 6.64. The molecule has 2 heterocycles. The number of alkyl halides is 3. The molecule has 0 bridgehead atoms. The van der Waals surface area contributed by atoms with Gasteiger partial charge < -0.3 is 15.0 Å². The van der Waals surface area contributed by atoms with E-state index in [1.54, 1.807) is 6.07 Å². The van der Waals surface area contributed by atoms with Crippen LogP contribution in [0.5, 0.6) is 5.75 Å². The minimum absolute atomic E-state index is 0.166. The van der Waals surface area contributed by atoms with Crippen LogP contribution < -0.4 is 15.0 Å². The Morgan fingerprint density at radius 3 is 2.65 bits per heavy atom. The molecule has 138 valence electrons. The van der Waals surface area contributed by atoms with Gasteiger partial charge in [-0.3, -0.25) is 0 Å². The van der Waals surface area contributed by atoms with Crippen LogP contribution in [0, 0.1) is 0 Å².